The first kappa shape index (κ1) is 27.3. The van der Waals surface area contributed by atoms with Gasteiger partial charge >= 0.3 is 23.9 Å². The highest BCUT2D eigenvalue weighted by atomic mass is 16.6. The second kappa shape index (κ2) is 13.1. The second-order valence-electron chi connectivity index (χ2n) is 7.37. The Labute approximate surface area is 198 Å². The lowest BCUT2D eigenvalue weighted by atomic mass is 9.90. The zero-order chi connectivity index (χ0) is 25.8. The van der Waals surface area contributed by atoms with E-state index in [0.717, 1.165) is 0 Å². The van der Waals surface area contributed by atoms with Crippen molar-refractivity contribution in [3.05, 3.63) is 23.8 Å². The Morgan fingerprint density at radius 1 is 0.743 bits per heavy atom. The average Bonchev–Trinajstić information content (AvgIpc) is 3.48. The molecule has 0 aliphatic carbocycles. The van der Waals surface area contributed by atoms with Crippen LogP contribution >= 0.6 is 0 Å². The Bertz CT molecular complexity index is 939. The molecule has 0 unspecified atom stereocenters. The summed E-state index contributed by atoms with van der Waals surface area (Å²) in [4.78, 5) is 45.5. The van der Waals surface area contributed by atoms with E-state index in [4.69, 9.17) is 9.47 Å². The quantitative estimate of drug-likeness (QED) is 0.164. The van der Waals surface area contributed by atoms with Crippen LogP contribution in [0.5, 0.6) is 0 Å². The number of hydrogen-bond donors (Lipinski definition) is 2. The number of hydrogen-bond acceptors (Lipinski definition) is 14. The van der Waals surface area contributed by atoms with Crippen molar-refractivity contribution in [2.45, 2.75) is 26.9 Å². The molecule has 2 heterocycles. The largest absolute Gasteiger partial charge is 0.462 e. The van der Waals surface area contributed by atoms with Crippen molar-refractivity contribution < 1.29 is 48.3 Å². The lowest BCUT2D eigenvalue weighted by Crippen LogP contribution is -2.39. The maximum atomic E-state index is 12.0. The van der Waals surface area contributed by atoms with E-state index < -0.39 is 42.5 Å². The number of carbonyl (C=O) groups excluding carboxylic acids is 4. The van der Waals surface area contributed by atoms with Gasteiger partial charge in [0.05, 0.1) is 44.1 Å². The van der Waals surface area contributed by atoms with Crippen molar-refractivity contribution >= 4 is 23.9 Å². The minimum atomic E-state index is -1.21. The van der Waals surface area contributed by atoms with Crippen molar-refractivity contribution in [3.8, 4) is 0 Å². The van der Waals surface area contributed by atoms with Crippen LogP contribution in [0.25, 0.3) is 0 Å². The first-order chi connectivity index (χ1) is 16.7. The highest BCUT2D eigenvalue weighted by molar-refractivity contribution is 5.87. The van der Waals surface area contributed by atoms with Crippen molar-refractivity contribution in [3.63, 3.8) is 0 Å². The monoisotopic (exact) mass is 498 g/mol. The molecule has 16 nitrogen and oxygen atoms in total. The number of rotatable bonds is 14. The molecule has 2 aromatic rings. The van der Waals surface area contributed by atoms with Gasteiger partial charge in [0.25, 0.3) is 0 Å². The Kier molecular flexibility index (Phi) is 10.2. The molecule has 192 valence electrons. The van der Waals surface area contributed by atoms with Crippen LogP contribution in [0.4, 0.5) is 0 Å². The Morgan fingerprint density at radius 3 is 1.46 bits per heavy atom. The molecule has 0 saturated carbocycles. The number of aliphatic hydroxyl groups excluding tert-OH is 2. The Morgan fingerprint density at radius 2 is 1.11 bits per heavy atom. The van der Waals surface area contributed by atoms with Crippen LogP contribution in [-0.4, -0.2) is 104 Å². The number of aromatic nitrogens is 6. The standard InChI is InChI=1S/C19H26N6O10/c1-13(28)32-3-5-34-17(30)15-7-24(22-20-15)9-19(11-26,12-27)10-25-8-16(21-23-25)18(31)35-6-4-33-14(2)29/h7-8,26-27H,3-6,9-12H2,1-2H3. The van der Waals surface area contributed by atoms with Gasteiger partial charge in [-0.15, -0.1) is 10.2 Å². The zero-order valence-electron chi connectivity index (χ0n) is 19.2. The molecular formula is C19H26N6O10. The van der Waals surface area contributed by atoms with Gasteiger partial charge in [0, 0.05) is 13.8 Å². The SMILES string of the molecule is CC(=O)OCCOC(=O)c1cn(CC(CO)(CO)Cn2cc(C(=O)OCCOC(C)=O)nn2)nn1. The lowest BCUT2D eigenvalue weighted by Gasteiger charge is -2.28. The summed E-state index contributed by atoms with van der Waals surface area (Å²) in [6.45, 7) is 0.753. The number of carbonyl (C=O) groups is 4. The smallest absolute Gasteiger partial charge is 0.360 e. The minimum Gasteiger partial charge on any atom is -0.462 e. The molecule has 0 radical (unpaired) electrons. The summed E-state index contributed by atoms with van der Waals surface area (Å²) in [5, 5.41) is 34.9. The van der Waals surface area contributed by atoms with Gasteiger partial charge in [-0.2, -0.15) is 0 Å². The summed E-state index contributed by atoms with van der Waals surface area (Å²) in [7, 11) is 0. The lowest BCUT2D eigenvalue weighted by molar-refractivity contribution is -0.142. The van der Waals surface area contributed by atoms with Crippen molar-refractivity contribution in [2.24, 2.45) is 5.41 Å². The van der Waals surface area contributed by atoms with Gasteiger partial charge in [0.2, 0.25) is 0 Å². The van der Waals surface area contributed by atoms with Crippen LogP contribution in [0.3, 0.4) is 0 Å². The zero-order valence-corrected chi connectivity index (χ0v) is 19.2. The predicted molar refractivity (Wildman–Crippen MR) is 110 cm³/mol. The third-order valence-corrected chi connectivity index (χ3v) is 4.40. The molecular weight excluding hydrogens is 472 g/mol. The van der Waals surface area contributed by atoms with Gasteiger partial charge in [-0.25, -0.2) is 9.59 Å². The van der Waals surface area contributed by atoms with Gasteiger partial charge in [-0.1, -0.05) is 10.4 Å². The molecule has 0 saturated heterocycles. The highest BCUT2D eigenvalue weighted by Crippen LogP contribution is 2.21. The number of aliphatic hydroxyl groups is 2. The van der Waals surface area contributed by atoms with Crippen molar-refractivity contribution in [2.75, 3.05) is 39.6 Å². The van der Waals surface area contributed by atoms with E-state index in [9.17, 15) is 29.4 Å². The molecule has 0 atom stereocenters. The molecule has 2 aromatic heterocycles. The first-order valence-electron chi connectivity index (χ1n) is 10.3. The molecule has 0 fully saturated rings. The van der Waals surface area contributed by atoms with Gasteiger partial charge in [-0.3, -0.25) is 19.0 Å². The van der Waals surface area contributed by atoms with E-state index in [1.165, 1.54) is 35.6 Å². The molecule has 2 N–H and O–H groups in total. The van der Waals surface area contributed by atoms with E-state index >= 15 is 0 Å². The van der Waals surface area contributed by atoms with Gasteiger partial charge in [-0.05, 0) is 0 Å². The summed E-state index contributed by atoms with van der Waals surface area (Å²) >= 11 is 0. The topological polar surface area (TPSA) is 207 Å². The molecule has 0 aromatic carbocycles. The van der Waals surface area contributed by atoms with Gasteiger partial charge in [0.1, 0.15) is 26.4 Å². The summed E-state index contributed by atoms with van der Waals surface area (Å²) in [6, 6.07) is 0. The van der Waals surface area contributed by atoms with Gasteiger partial charge < -0.3 is 29.2 Å². The summed E-state index contributed by atoms with van der Waals surface area (Å²) < 4.78 is 21.6. The molecule has 0 bridgehead atoms. The molecule has 35 heavy (non-hydrogen) atoms. The van der Waals surface area contributed by atoms with Crippen LogP contribution in [0.15, 0.2) is 12.4 Å². The third-order valence-electron chi connectivity index (χ3n) is 4.40. The average molecular weight is 498 g/mol. The van der Waals surface area contributed by atoms with Crippen LogP contribution in [0.2, 0.25) is 0 Å². The van der Waals surface area contributed by atoms with Crippen LogP contribution in [-0.2, 0) is 41.6 Å². The van der Waals surface area contributed by atoms with Crippen LogP contribution < -0.4 is 0 Å². The molecule has 0 aliphatic rings. The number of nitrogens with zero attached hydrogens (tertiary/aromatic N) is 6. The molecule has 0 spiro atoms. The normalized spacial score (nSPS) is 11.1. The van der Waals surface area contributed by atoms with Crippen molar-refractivity contribution in [1.29, 1.82) is 0 Å². The molecule has 2 rings (SSSR count). The molecule has 16 heteroatoms. The summed E-state index contributed by atoms with van der Waals surface area (Å²) in [6.07, 6.45) is 2.53. The summed E-state index contributed by atoms with van der Waals surface area (Å²) in [5.41, 5.74) is -1.47. The third kappa shape index (κ3) is 8.74. The van der Waals surface area contributed by atoms with Crippen molar-refractivity contribution in [1.82, 2.24) is 30.0 Å². The minimum absolute atomic E-state index is 0.0737. The fourth-order valence-electron chi connectivity index (χ4n) is 2.71. The molecule has 0 aliphatic heterocycles. The second-order valence-corrected chi connectivity index (χ2v) is 7.37. The fourth-order valence-corrected chi connectivity index (χ4v) is 2.71. The first-order valence-corrected chi connectivity index (χ1v) is 10.3. The van der Waals surface area contributed by atoms with E-state index in [0.29, 0.717) is 0 Å². The Hall–Kier alpha value is -3.92. The highest BCUT2D eigenvalue weighted by Gasteiger charge is 2.32. The van der Waals surface area contributed by atoms with Gasteiger partial charge in [0.15, 0.2) is 11.4 Å². The van der Waals surface area contributed by atoms with E-state index in [-0.39, 0.29) is 50.9 Å². The fraction of sp³-hybridized carbons (Fsp3) is 0.579. The Balaban J connectivity index is 1.96. The predicted octanol–water partition coefficient (Wildman–Crippen LogP) is -2.02. The summed E-state index contributed by atoms with van der Waals surface area (Å²) in [5.74, 6) is -2.61. The van der Waals surface area contributed by atoms with Crippen LogP contribution in [0.1, 0.15) is 34.8 Å². The van der Waals surface area contributed by atoms with E-state index in [1.54, 1.807) is 0 Å². The number of ether oxygens (including phenoxy) is 4. The number of esters is 4. The van der Waals surface area contributed by atoms with Crippen LogP contribution in [0, 0.1) is 5.41 Å². The molecule has 0 amide bonds. The van der Waals surface area contributed by atoms with E-state index in [2.05, 4.69) is 30.1 Å². The van der Waals surface area contributed by atoms with E-state index in [1.807, 2.05) is 0 Å². The maximum absolute atomic E-state index is 12.0. The maximum Gasteiger partial charge on any atom is 0.360 e.